The lowest BCUT2D eigenvalue weighted by molar-refractivity contribution is 0.166. The predicted octanol–water partition coefficient (Wildman–Crippen LogP) is 2.83. The lowest BCUT2D eigenvalue weighted by Gasteiger charge is -2.34. The average Bonchev–Trinajstić information content (AvgIpc) is 3.11. The number of nitrogens with zero attached hydrogens (tertiary/aromatic N) is 1. The molecule has 0 aliphatic rings. The largest absolute Gasteiger partial charge is 0.494 e. The Bertz CT molecular complexity index is 962. The quantitative estimate of drug-likeness (QED) is 0.622. The number of rotatable bonds is 6. The van der Waals surface area contributed by atoms with Crippen LogP contribution >= 0.6 is 11.3 Å². The van der Waals surface area contributed by atoms with Crippen LogP contribution in [0.3, 0.4) is 0 Å². The highest BCUT2D eigenvalue weighted by Gasteiger charge is 2.31. The molecule has 0 bridgehead atoms. The zero-order chi connectivity index (χ0) is 18.7. The van der Waals surface area contributed by atoms with Crippen LogP contribution in [0.1, 0.15) is 35.9 Å². The van der Waals surface area contributed by atoms with Gasteiger partial charge in [0, 0.05) is 17.5 Å². The second-order valence-electron chi connectivity index (χ2n) is 6.34. The third kappa shape index (κ3) is 3.79. The van der Waals surface area contributed by atoms with Crippen molar-refractivity contribution in [3.63, 3.8) is 0 Å². The molecule has 136 valence electrons. The minimum Gasteiger partial charge on any atom is -0.494 e. The lowest BCUT2D eigenvalue weighted by Crippen LogP contribution is -2.38. The van der Waals surface area contributed by atoms with Crippen LogP contribution in [-0.2, 0) is 6.54 Å². The molecule has 1 atom stereocenters. The maximum Gasteiger partial charge on any atom is 0.328 e. The van der Waals surface area contributed by atoms with E-state index in [1.54, 1.807) is 0 Å². The van der Waals surface area contributed by atoms with Crippen LogP contribution in [0.25, 0.3) is 0 Å². The van der Waals surface area contributed by atoms with Crippen LogP contribution in [0.4, 0.5) is 0 Å². The predicted molar refractivity (Wildman–Crippen MR) is 103 cm³/mol. The third-order valence-electron chi connectivity index (χ3n) is 4.25. The number of aromatic nitrogens is 2. The summed E-state index contributed by atoms with van der Waals surface area (Å²) >= 11 is 1.51. The summed E-state index contributed by atoms with van der Waals surface area (Å²) in [6.07, 6.45) is 0. The first-order valence-corrected chi connectivity index (χ1v) is 9.24. The van der Waals surface area contributed by atoms with Gasteiger partial charge < -0.3 is 5.11 Å². The summed E-state index contributed by atoms with van der Waals surface area (Å²) in [4.78, 5) is 31.6. The van der Waals surface area contributed by atoms with E-state index in [9.17, 15) is 14.7 Å². The van der Waals surface area contributed by atoms with Gasteiger partial charge in [0.1, 0.15) is 0 Å². The molecule has 3 N–H and O–H groups in total. The Kier molecular flexibility index (Phi) is 5.39. The standard InChI is InChI=1S/C19H21N3O3S/c1-12(2)22(11-13-7-4-3-5-8-13)16(14-9-6-10-26-14)15-17(23)20-19(25)21-18(15)24/h3-10,12,16H,11H2,1-2H3,(H3,20,21,23,24,25). The van der Waals surface area contributed by atoms with Crippen LogP contribution in [0.2, 0.25) is 0 Å². The van der Waals surface area contributed by atoms with Crippen molar-refractivity contribution in [1.29, 1.82) is 0 Å². The van der Waals surface area contributed by atoms with Crippen molar-refractivity contribution in [2.24, 2.45) is 0 Å². The number of hydrogen-bond acceptors (Lipinski definition) is 5. The van der Waals surface area contributed by atoms with Crippen LogP contribution in [0, 0.1) is 0 Å². The molecular weight excluding hydrogens is 350 g/mol. The summed E-state index contributed by atoms with van der Waals surface area (Å²) in [7, 11) is 0. The number of aromatic amines is 2. The topological polar surface area (TPSA) is 89.2 Å². The molecule has 1 unspecified atom stereocenters. The van der Waals surface area contributed by atoms with Gasteiger partial charge in [-0.2, -0.15) is 0 Å². The fourth-order valence-electron chi connectivity index (χ4n) is 3.02. The smallest absolute Gasteiger partial charge is 0.328 e. The van der Waals surface area contributed by atoms with Gasteiger partial charge in [0.15, 0.2) is 0 Å². The summed E-state index contributed by atoms with van der Waals surface area (Å²) in [6.45, 7) is 4.68. The molecule has 2 heterocycles. The van der Waals surface area contributed by atoms with Crippen molar-refractivity contribution in [3.05, 3.63) is 84.7 Å². The van der Waals surface area contributed by atoms with Gasteiger partial charge in [0.25, 0.3) is 5.56 Å². The Balaban J connectivity index is 2.14. The Morgan fingerprint density at radius 1 is 1.08 bits per heavy atom. The van der Waals surface area contributed by atoms with Gasteiger partial charge in [-0.3, -0.25) is 19.7 Å². The SMILES string of the molecule is CC(C)N(Cc1ccccc1)C(c1cccs1)c1c(O)[nH]c(=O)[nH]c1=O. The molecule has 7 heteroatoms. The molecule has 2 aromatic heterocycles. The number of benzene rings is 1. The second-order valence-corrected chi connectivity index (χ2v) is 7.32. The molecule has 0 fully saturated rings. The fraction of sp³-hybridized carbons (Fsp3) is 0.263. The van der Waals surface area contributed by atoms with Crippen LogP contribution < -0.4 is 11.2 Å². The van der Waals surface area contributed by atoms with E-state index in [0.717, 1.165) is 10.4 Å². The van der Waals surface area contributed by atoms with E-state index in [2.05, 4.69) is 14.9 Å². The van der Waals surface area contributed by atoms with Gasteiger partial charge >= 0.3 is 5.69 Å². The van der Waals surface area contributed by atoms with Crippen molar-refractivity contribution >= 4 is 11.3 Å². The average molecular weight is 371 g/mol. The molecule has 0 radical (unpaired) electrons. The molecule has 3 aromatic rings. The number of hydrogen-bond donors (Lipinski definition) is 3. The summed E-state index contributed by atoms with van der Waals surface area (Å²) < 4.78 is 0. The van der Waals surface area contributed by atoms with E-state index >= 15 is 0 Å². The highest BCUT2D eigenvalue weighted by atomic mass is 32.1. The highest BCUT2D eigenvalue weighted by Crippen LogP contribution is 2.35. The molecule has 1 aromatic carbocycles. The third-order valence-corrected chi connectivity index (χ3v) is 5.17. The van der Waals surface area contributed by atoms with Crippen molar-refractivity contribution < 1.29 is 5.11 Å². The summed E-state index contributed by atoms with van der Waals surface area (Å²) in [5.74, 6) is -0.393. The van der Waals surface area contributed by atoms with Gasteiger partial charge in [0.05, 0.1) is 11.6 Å². The minimum atomic E-state index is -0.722. The molecule has 0 saturated carbocycles. The number of aromatic hydroxyl groups is 1. The van der Waals surface area contributed by atoms with Crippen molar-refractivity contribution in [2.75, 3.05) is 0 Å². The molecule has 0 amide bonds. The van der Waals surface area contributed by atoms with Crippen molar-refractivity contribution in [3.8, 4) is 5.88 Å². The Morgan fingerprint density at radius 3 is 2.38 bits per heavy atom. The molecule has 6 nitrogen and oxygen atoms in total. The zero-order valence-corrected chi connectivity index (χ0v) is 15.4. The van der Waals surface area contributed by atoms with E-state index in [0.29, 0.717) is 6.54 Å². The summed E-state index contributed by atoms with van der Waals surface area (Å²) in [5.41, 5.74) is -0.0523. The first-order chi connectivity index (χ1) is 12.5. The Hall–Kier alpha value is -2.64. The Labute approximate surface area is 154 Å². The number of thiophene rings is 1. The molecule has 0 aliphatic carbocycles. The molecule has 26 heavy (non-hydrogen) atoms. The number of H-pyrrole nitrogens is 2. The first-order valence-electron chi connectivity index (χ1n) is 8.36. The van der Waals surface area contributed by atoms with Gasteiger partial charge in [0.2, 0.25) is 5.88 Å². The lowest BCUT2D eigenvalue weighted by atomic mass is 10.0. The Morgan fingerprint density at radius 2 is 1.81 bits per heavy atom. The van der Waals surface area contributed by atoms with Crippen LogP contribution in [0.15, 0.2) is 57.4 Å². The maximum atomic E-state index is 12.5. The zero-order valence-electron chi connectivity index (χ0n) is 14.6. The molecule has 0 aliphatic heterocycles. The normalized spacial score (nSPS) is 12.6. The molecule has 0 spiro atoms. The molecule has 0 saturated heterocycles. The van der Waals surface area contributed by atoms with E-state index in [1.165, 1.54) is 11.3 Å². The first kappa shape index (κ1) is 18.2. The minimum absolute atomic E-state index is 0.0908. The molecule has 3 rings (SSSR count). The van der Waals surface area contributed by atoms with Crippen molar-refractivity contribution in [1.82, 2.24) is 14.9 Å². The van der Waals surface area contributed by atoms with Crippen LogP contribution in [-0.4, -0.2) is 26.0 Å². The van der Waals surface area contributed by atoms with E-state index in [4.69, 9.17) is 0 Å². The van der Waals surface area contributed by atoms with Gasteiger partial charge in [-0.25, -0.2) is 4.79 Å². The van der Waals surface area contributed by atoms with Crippen molar-refractivity contribution in [2.45, 2.75) is 32.5 Å². The van der Waals surface area contributed by atoms with Gasteiger partial charge in [-0.1, -0.05) is 36.4 Å². The second kappa shape index (κ2) is 7.72. The van der Waals surface area contributed by atoms with Crippen LogP contribution in [0.5, 0.6) is 5.88 Å². The van der Waals surface area contributed by atoms with E-state index in [-0.39, 0.29) is 11.6 Å². The van der Waals surface area contributed by atoms with E-state index < -0.39 is 23.2 Å². The summed E-state index contributed by atoms with van der Waals surface area (Å²) in [6, 6.07) is 13.4. The van der Waals surface area contributed by atoms with E-state index in [1.807, 2.05) is 61.7 Å². The number of nitrogens with one attached hydrogen (secondary N) is 2. The highest BCUT2D eigenvalue weighted by molar-refractivity contribution is 7.10. The van der Waals surface area contributed by atoms with Gasteiger partial charge in [-0.15, -0.1) is 11.3 Å². The summed E-state index contributed by atoms with van der Waals surface area (Å²) in [5, 5.41) is 12.3. The monoisotopic (exact) mass is 371 g/mol. The van der Waals surface area contributed by atoms with Gasteiger partial charge in [-0.05, 0) is 30.9 Å². The molecular formula is C19H21N3O3S. The maximum absolute atomic E-state index is 12.5. The fourth-order valence-corrected chi connectivity index (χ4v) is 3.88.